The van der Waals surface area contributed by atoms with Crippen molar-refractivity contribution < 1.29 is 0 Å². The molecule has 1 aliphatic carbocycles. The average Bonchev–Trinajstić information content (AvgIpc) is 1.71. The van der Waals surface area contributed by atoms with Gasteiger partial charge in [0, 0.05) is 38.0 Å². The summed E-state index contributed by atoms with van der Waals surface area (Å²) >= 11 is 0. The topological polar surface area (TPSA) is 9.86 Å². The molecule has 0 saturated heterocycles. The van der Waals surface area contributed by atoms with Crippen molar-refractivity contribution in [1.82, 2.24) is 9.13 Å². The van der Waals surface area contributed by atoms with E-state index in [1.807, 2.05) is 0 Å². The van der Waals surface area contributed by atoms with Gasteiger partial charge in [-0.1, -0.05) is 371 Å². The number of rotatable bonds is 10. The van der Waals surface area contributed by atoms with Crippen molar-refractivity contribution in [2.45, 2.75) is 33.1 Å². The van der Waals surface area contributed by atoms with Crippen LogP contribution in [0.15, 0.2) is 413 Å². The van der Waals surface area contributed by atoms with Gasteiger partial charge in [-0.25, -0.2) is 0 Å². The first-order valence-corrected chi connectivity index (χ1v) is 40.9. The maximum atomic E-state index is 2.51. The highest BCUT2D eigenvalue weighted by atomic mass is 15.0. The van der Waals surface area contributed by atoms with Crippen molar-refractivity contribution in [2.75, 3.05) is 0 Å². The monoisotopic (exact) mass is 1490 g/mol. The third kappa shape index (κ3) is 11.4. The lowest BCUT2D eigenvalue weighted by molar-refractivity contribution is 0.660. The van der Waals surface area contributed by atoms with Crippen molar-refractivity contribution in [3.05, 3.63) is 435 Å². The molecule has 0 atom stereocenters. The number of hydrogen-bond donors (Lipinski definition) is 0. The van der Waals surface area contributed by atoms with Gasteiger partial charge in [0.15, 0.2) is 0 Å². The number of hydrogen-bond acceptors (Lipinski definition) is 0. The molecule has 0 spiro atoms. The molecule has 2 nitrogen and oxygen atoms in total. The molecule has 117 heavy (non-hydrogen) atoms. The summed E-state index contributed by atoms with van der Waals surface area (Å²) in [5.74, 6) is 0. The van der Waals surface area contributed by atoms with E-state index >= 15 is 0 Å². The quantitative estimate of drug-likeness (QED) is 0.121. The van der Waals surface area contributed by atoms with Gasteiger partial charge >= 0.3 is 0 Å². The van der Waals surface area contributed by atoms with Crippen molar-refractivity contribution in [3.8, 4) is 112 Å². The molecule has 1 aliphatic rings. The molecule has 0 N–H and O–H groups in total. The highest BCUT2D eigenvalue weighted by Crippen LogP contribution is 2.54. The molecular formula is C115H80N2. The van der Waals surface area contributed by atoms with Crippen molar-refractivity contribution in [2.24, 2.45) is 0 Å². The highest BCUT2D eigenvalue weighted by Gasteiger charge is 2.37. The van der Waals surface area contributed by atoms with Gasteiger partial charge in [-0.05, 0) is 240 Å². The Kier molecular flexibility index (Phi) is 16.4. The molecule has 23 rings (SSSR count). The molecular weight excluding hydrogens is 1410 g/mol. The Morgan fingerprint density at radius 3 is 0.966 bits per heavy atom. The number of aryl methyl sites for hydroxylation is 2. The SMILES string of the molecule is CC1(C)c2cc(-c3c4ccccc4c(-c4ccccc4)c4ccccc34)ccc2-c2ccc(-n3c4ccccc4c4cc(-c5ccc(-c6ccccc6)cc5)ccc43)cc21.Cc1ccc2c(-n3c4ccccc4c4cc(-c5ccc(-c6ccccc6)cc5)ccc43)c(C)cc(-c3c4ccccc4c(-c4ccccc4)c4ccccc34)c2c1. The van der Waals surface area contributed by atoms with Gasteiger partial charge in [0.2, 0.25) is 0 Å². The minimum atomic E-state index is -0.204. The lowest BCUT2D eigenvalue weighted by atomic mass is 9.80. The Bertz CT molecular complexity index is 7620. The summed E-state index contributed by atoms with van der Waals surface area (Å²) in [6.07, 6.45) is 0. The zero-order chi connectivity index (χ0) is 78.0. The summed E-state index contributed by atoms with van der Waals surface area (Å²) in [7, 11) is 0. The third-order valence-corrected chi connectivity index (χ3v) is 25.1. The van der Waals surface area contributed by atoms with E-state index in [-0.39, 0.29) is 5.41 Å². The predicted molar refractivity (Wildman–Crippen MR) is 500 cm³/mol. The fourth-order valence-electron chi connectivity index (χ4n) is 19.7. The first-order chi connectivity index (χ1) is 57.6. The van der Waals surface area contributed by atoms with E-state index in [2.05, 4.69) is 449 Å². The second-order valence-electron chi connectivity index (χ2n) is 32.2. The van der Waals surface area contributed by atoms with Gasteiger partial charge in [0.05, 0.1) is 27.8 Å². The number of para-hydroxylation sites is 2. The van der Waals surface area contributed by atoms with E-state index in [4.69, 9.17) is 0 Å². The molecule has 2 aromatic heterocycles. The van der Waals surface area contributed by atoms with Crippen molar-refractivity contribution in [1.29, 1.82) is 0 Å². The van der Waals surface area contributed by atoms with Gasteiger partial charge in [-0.15, -0.1) is 0 Å². The number of aromatic nitrogens is 2. The second kappa shape index (κ2) is 27.8. The van der Waals surface area contributed by atoms with Gasteiger partial charge in [0.1, 0.15) is 0 Å². The Hall–Kier alpha value is -14.7. The van der Waals surface area contributed by atoms with Crippen LogP contribution in [0.4, 0.5) is 0 Å². The Balaban J connectivity index is 0.000000142. The van der Waals surface area contributed by atoms with E-state index < -0.39 is 0 Å². The van der Waals surface area contributed by atoms with Crippen LogP contribution >= 0.6 is 0 Å². The molecule has 0 aliphatic heterocycles. The van der Waals surface area contributed by atoms with Crippen molar-refractivity contribution in [3.63, 3.8) is 0 Å². The van der Waals surface area contributed by atoms with Crippen LogP contribution in [0.1, 0.15) is 36.1 Å². The van der Waals surface area contributed by atoms with E-state index in [1.165, 1.54) is 231 Å². The van der Waals surface area contributed by atoms with Crippen LogP contribution in [-0.2, 0) is 5.41 Å². The van der Waals surface area contributed by atoms with Gasteiger partial charge in [-0.2, -0.15) is 0 Å². The summed E-state index contributed by atoms with van der Waals surface area (Å²) in [5.41, 5.74) is 34.9. The van der Waals surface area contributed by atoms with Crippen LogP contribution in [0.2, 0.25) is 0 Å². The van der Waals surface area contributed by atoms with Crippen LogP contribution in [0.3, 0.4) is 0 Å². The van der Waals surface area contributed by atoms with Crippen LogP contribution in [0, 0.1) is 13.8 Å². The summed E-state index contributed by atoms with van der Waals surface area (Å²) < 4.78 is 4.97. The van der Waals surface area contributed by atoms with E-state index in [0.29, 0.717) is 0 Å². The van der Waals surface area contributed by atoms with Crippen LogP contribution in [0.25, 0.3) is 209 Å². The zero-order valence-electron chi connectivity index (χ0n) is 65.7. The van der Waals surface area contributed by atoms with E-state index in [0.717, 1.165) is 0 Å². The Labute approximate surface area is 681 Å². The van der Waals surface area contributed by atoms with Crippen LogP contribution in [0.5, 0.6) is 0 Å². The summed E-state index contributed by atoms with van der Waals surface area (Å²) in [6, 6.07) is 152. The molecule has 0 amide bonds. The Morgan fingerprint density at radius 2 is 0.513 bits per heavy atom. The lowest BCUT2D eigenvalue weighted by Crippen LogP contribution is -2.15. The normalized spacial score (nSPS) is 12.3. The van der Waals surface area contributed by atoms with Gasteiger partial charge in [-0.3, -0.25) is 0 Å². The van der Waals surface area contributed by atoms with Crippen LogP contribution < -0.4 is 0 Å². The standard InChI is InChI=1S/C59H41N.C56H39N/c1-59(2)53-36-43(58-50-22-11-9-20-48(50)57(41-17-7-4-8-18-41)49-21-10-12-23-51(49)58)29-32-45(53)46-33-31-44(37-54(46)59)60-55-24-14-13-19-47(55)52-35-42(30-34-56(52)60)40-27-25-39(26-28-40)38-15-5-3-6-16-38;1-36-25-31-48-49(33-36)51(55-46-22-11-9-20-44(46)54(41-17-7-4-8-18-41)45-21-10-12-23-47(45)55)34-37(2)56(48)57-52-24-14-13-19-43(52)50-35-42(30-32-53(50)57)40-28-26-39(27-29-40)38-15-5-3-6-16-38/h3-37H,1-2H3;3-35H,1-2H3. The first-order valence-electron chi connectivity index (χ1n) is 40.9. The second-order valence-corrected chi connectivity index (χ2v) is 32.2. The summed E-state index contributed by atoms with van der Waals surface area (Å²) in [5, 5.41) is 17.8. The van der Waals surface area contributed by atoms with Gasteiger partial charge in [0.25, 0.3) is 0 Å². The lowest BCUT2D eigenvalue weighted by Gasteiger charge is -2.23. The smallest absolute Gasteiger partial charge is 0.0570 e. The maximum Gasteiger partial charge on any atom is 0.0570 e. The minimum Gasteiger partial charge on any atom is -0.309 e. The van der Waals surface area contributed by atoms with Crippen molar-refractivity contribution >= 4 is 97.5 Å². The number of fused-ring (bicyclic) bond motifs is 14. The Morgan fingerprint density at radius 1 is 0.188 bits per heavy atom. The fourth-order valence-corrected chi connectivity index (χ4v) is 19.7. The fraction of sp³-hybridized carbons (Fsp3) is 0.0435. The molecule has 0 fully saturated rings. The average molecular weight is 1490 g/mol. The van der Waals surface area contributed by atoms with Crippen LogP contribution in [-0.4, -0.2) is 9.13 Å². The third-order valence-electron chi connectivity index (χ3n) is 25.1. The zero-order valence-corrected chi connectivity index (χ0v) is 65.7. The molecule has 0 saturated carbocycles. The maximum absolute atomic E-state index is 2.51. The number of nitrogens with zero attached hydrogens (tertiary/aromatic N) is 2. The molecule has 22 aromatic rings. The molecule has 20 aromatic carbocycles. The first kappa shape index (κ1) is 69.1. The molecule has 2 heteroatoms. The predicted octanol–water partition coefficient (Wildman–Crippen LogP) is 31.6. The largest absolute Gasteiger partial charge is 0.309 e. The highest BCUT2D eigenvalue weighted by molar-refractivity contribution is 6.25. The molecule has 2 heterocycles. The molecule has 0 bridgehead atoms. The van der Waals surface area contributed by atoms with E-state index in [9.17, 15) is 0 Å². The van der Waals surface area contributed by atoms with E-state index in [1.54, 1.807) is 0 Å². The molecule has 0 radical (unpaired) electrons. The summed E-state index contributed by atoms with van der Waals surface area (Å²) in [6.45, 7) is 9.32. The number of benzene rings is 20. The molecule has 550 valence electrons. The summed E-state index contributed by atoms with van der Waals surface area (Å²) in [4.78, 5) is 0. The van der Waals surface area contributed by atoms with Gasteiger partial charge < -0.3 is 9.13 Å². The molecule has 0 unspecified atom stereocenters. The minimum absolute atomic E-state index is 0.204.